The fraction of sp³-hybridized carbons (Fsp3) is 0.917. The van der Waals surface area contributed by atoms with Crippen LogP contribution in [0.1, 0.15) is 46.0 Å². The Hall–Kier alpha value is -0.610. The average Bonchev–Trinajstić information content (AvgIpc) is 2.81. The lowest BCUT2D eigenvalue weighted by Gasteiger charge is -2.26. The Morgan fingerprint density at radius 3 is 2.62 bits per heavy atom. The molecular weight excluding hydrogens is 208 g/mol. The van der Waals surface area contributed by atoms with Crippen molar-refractivity contribution in [3.8, 4) is 0 Å². The number of aliphatic hydroxyl groups excluding tert-OH is 1. The number of carbonyl (C=O) groups is 1. The minimum atomic E-state index is -1.02. The van der Waals surface area contributed by atoms with Crippen molar-refractivity contribution in [1.29, 1.82) is 0 Å². The van der Waals surface area contributed by atoms with Crippen LogP contribution in [0.2, 0.25) is 0 Å². The highest BCUT2D eigenvalue weighted by atomic mass is 16.4. The van der Waals surface area contributed by atoms with Gasteiger partial charge in [0.1, 0.15) is 0 Å². The Labute approximate surface area is 96.3 Å². The molecule has 1 rings (SSSR count). The zero-order chi connectivity index (χ0) is 12.3. The smallest absolute Gasteiger partial charge is 0.303 e. The molecule has 3 N–H and O–H groups in total. The zero-order valence-corrected chi connectivity index (χ0v) is 10.0. The van der Waals surface area contributed by atoms with Gasteiger partial charge in [-0.15, -0.1) is 0 Å². The van der Waals surface area contributed by atoms with Crippen LogP contribution < -0.4 is 0 Å². The SMILES string of the molecule is CC(O)C(C)(O)CCCC1CC1CC(=O)O. The van der Waals surface area contributed by atoms with Gasteiger partial charge >= 0.3 is 5.97 Å². The molecule has 0 radical (unpaired) electrons. The summed E-state index contributed by atoms with van der Waals surface area (Å²) in [5.41, 5.74) is -1.02. The number of carboxylic acid groups (broad SMARTS) is 1. The third kappa shape index (κ3) is 4.10. The normalized spacial score (nSPS) is 29.5. The predicted octanol–water partition coefficient (Wildman–Crippen LogP) is 1.40. The van der Waals surface area contributed by atoms with E-state index < -0.39 is 17.7 Å². The van der Waals surface area contributed by atoms with Gasteiger partial charge in [-0.1, -0.05) is 12.8 Å². The number of aliphatic carboxylic acids is 1. The van der Waals surface area contributed by atoms with Gasteiger partial charge in [0.25, 0.3) is 0 Å². The fourth-order valence-electron chi connectivity index (χ4n) is 2.07. The van der Waals surface area contributed by atoms with Crippen LogP contribution in [-0.2, 0) is 4.79 Å². The van der Waals surface area contributed by atoms with Gasteiger partial charge in [-0.2, -0.15) is 0 Å². The largest absolute Gasteiger partial charge is 0.481 e. The highest BCUT2D eigenvalue weighted by Gasteiger charge is 2.38. The third-order valence-electron chi connectivity index (χ3n) is 3.66. The molecule has 0 amide bonds. The summed E-state index contributed by atoms with van der Waals surface area (Å²) in [6.45, 7) is 3.23. The summed E-state index contributed by atoms with van der Waals surface area (Å²) >= 11 is 0. The molecule has 0 saturated heterocycles. The van der Waals surface area contributed by atoms with Crippen molar-refractivity contribution >= 4 is 5.97 Å². The lowest BCUT2D eigenvalue weighted by molar-refractivity contribution is -0.137. The van der Waals surface area contributed by atoms with Gasteiger partial charge in [0.15, 0.2) is 0 Å². The van der Waals surface area contributed by atoms with Crippen LogP contribution in [0.3, 0.4) is 0 Å². The first-order valence-corrected chi connectivity index (χ1v) is 5.95. The van der Waals surface area contributed by atoms with E-state index in [-0.39, 0.29) is 6.42 Å². The van der Waals surface area contributed by atoms with Crippen molar-refractivity contribution in [3.63, 3.8) is 0 Å². The topological polar surface area (TPSA) is 77.8 Å². The number of carboxylic acids is 1. The summed E-state index contributed by atoms with van der Waals surface area (Å²) < 4.78 is 0. The molecule has 4 heteroatoms. The first-order valence-electron chi connectivity index (χ1n) is 5.95. The second-order valence-corrected chi connectivity index (χ2v) is 5.28. The summed E-state index contributed by atoms with van der Waals surface area (Å²) in [6, 6.07) is 0. The van der Waals surface area contributed by atoms with Crippen molar-refractivity contribution in [2.75, 3.05) is 0 Å². The second-order valence-electron chi connectivity index (χ2n) is 5.28. The molecular formula is C12H22O4. The van der Waals surface area contributed by atoms with Gasteiger partial charge in [0.05, 0.1) is 11.7 Å². The van der Waals surface area contributed by atoms with Crippen LogP contribution in [0.25, 0.3) is 0 Å². The number of hydrogen-bond donors (Lipinski definition) is 3. The van der Waals surface area contributed by atoms with Crippen molar-refractivity contribution < 1.29 is 20.1 Å². The van der Waals surface area contributed by atoms with Crippen molar-refractivity contribution in [1.82, 2.24) is 0 Å². The van der Waals surface area contributed by atoms with E-state index in [1.807, 2.05) is 0 Å². The monoisotopic (exact) mass is 230 g/mol. The quantitative estimate of drug-likeness (QED) is 0.617. The predicted molar refractivity (Wildman–Crippen MR) is 60.0 cm³/mol. The molecule has 4 unspecified atom stereocenters. The van der Waals surface area contributed by atoms with Gasteiger partial charge in [-0.3, -0.25) is 4.79 Å². The first kappa shape index (κ1) is 13.5. The van der Waals surface area contributed by atoms with Gasteiger partial charge in [0, 0.05) is 6.42 Å². The summed E-state index contributed by atoms with van der Waals surface area (Å²) in [4.78, 5) is 10.4. The molecule has 0 spiro atoms. The van der Waals surface area contributed by atoms with E-state index in [2.05, 4.69) is 0 Å². The van der Waals surface area contributed by atoms with Crippen molar-refractivity contribution in [2.45, 2.75) is 57.7 Å². The Kier molecular flexibility index (Phi) is 4.33. The van der Waals surface area contributed by atoms with E-state index in [0.717, 1.165) is 19.3 Å². The second kappa shape index (κ2) is 5.15. The lowest BCUT2D eigenvalue weighted by Crippen LogP contribution is -2.36. The molecule has 4 nitrogen and oxygen atoms in total. The number of aliphatic hydroxyl groups is 2. The van der Waals surface area contributed by atoms with Crippen LogP contribution in [0, 0.1) is 11.8 Å². The summed E-state index contributed by atoms with van der Waals surface area (Å²) in [5, 5.41) is 27.7. The van der Waals surface area contributed by atoms with E-state index >= 15 is 0 Å². The van der Waals surface area contributed by atoms with Crippen LogP contribution in [0.15, 0.2) is 0 Å². The molecule has 4 atom stereocenters. The van der Waals surface area contributed by atoms with Crippen molar-refractivity contribution in [2.24, 2.45) is 11.8 Å². The molecule has 16 heavy (non-hydrogen) atoms. The summed E-state index contributed by atoms with van der Waals surface area (Å²) in [6.07, 6.45) is 2.93. The van der Waals surface area contributed by atoms with E-state index in [9.17, 15) is 15.0 Å². The maximum Gasteiger partial charge on any atom is 0.303 e. The van der Waals surface area contributed by atoms with E-state index in [1.54, 1.807) is 13.8 Å². The van der Waals surface area contributed by atoms with E-state index in [1.165, 1.54) is 0 Å². The molecule has 1 aliphatic carbocycles. The van der Waals surface area contributed by atoms with Crippen LogP contribution in [0.5, 0.6) is 0 Å². The molecule has 0 aromatic rings. The number of hydrogen-bond acceptors (Lipinski definition) is 3. The molecule has 0 aromatic carbocycles. The molecule has 0 aromatic heterocycles. The average molecular weight is 230 g/mol. The molecule has 94 valence electrons. The highest BCUT2D eigenvalue weighted by Crippen LogP contribution is 2.45. The summed E-state index contributed by atoms with van der Waals surface area (Å²) in [7, 11) is 0. The number of rotatable bonds is 7. The molecule has 1 fully saturated rings. The molecule has 0 heterocycles. The van der Waals surface area contributed by atoms with E-state index in [0.29, 0.717) is 18.3 Å². The highest BCUT2D eigenvalue weighted by molar-refractivity contribution is 5.67. The molecule has 0 bridgehead atoms. The molecule has 1 aliphatic rings. The maximum atomic E-state index is 10.4. The minimum Gasteiger partial charge on any atom is -0.481 e. The van der Waals surface area contributed by atoms with Crippen LogP contribution in [-0.4, -0.2) is 33.0 Å². The maximum absolute atomic E-state index is 10.4. The third-order valence-corrected chi connectivity index (χ3v) is 3.66. The van der Waals surface area contributed by atoms with Crippen LogP contribution >= 0.6 is 0 Å². The van der Waals surface area contributed by atoms with Gasteiger partial charge in [-0.05, 0) is 38.5 Å². The fourth-order valence-corrected chi connectivity index (χ4v) is 2.07. The molecule has 0 aliphatic heterocycles. The van der Waals surface area contributed by atoms with Gasteiger partial charge in [0.2, 0.25) is 0 Å². The Morgan fingerprint density at radius 2 is 2.12 bits per heavy atom. The Balaban J connectivity index is 2.12. The van der Waals surface area contributed by atoms with Crippen molar-refractivity contribution in [3.05, 3.63) is 0 Å². The Bertz CT molecular complexity index is 247. The lowest BCUT2D eigenvalue weighted by atomic mass is 9.93. The van der Waals surface area contributed by atoms with Gasteiger partial charge in [-0.25, -0.2) is 0 Å². The van der Waals surface area contributed by atoms with Crippen LogP contribution in [0.4, 0.5) is 0 Å². The minimum absolute atomic E-state index is 0.275. The Morgan fingerprint density at radius 1 is 1.50 bits per heavy atom. The van der Waals surface area contributed by atoms with Gasteiger partial charge < -0.3 is 15.3 Å². The summed E-state index contributed by atoms with van der Waals surface area (Å²) in [5.74, 6) is 0.137. The zero-order valence-electron chi connectivity index (χ0n) is 10.0. The standard InChI is InChI=1S/C12H22O4/c1-8(13)12(2,16)5-3-4-9-6-10(9)7-11(14)15/h8-10,13,16H,3-7H2,1-2H3,(H,14,15). The molecule has 1 saturated carbocycles. The van der Waals surface area contributed by atoms with E-state index in [4.69, 9.17) is 5.11 Å². The first-order chi connectivity index (χ1) is 7.33.